The summed E-state index contributed by atoms with van der Waals surface area (Å²) < 4.78 is 26.5. The molecule has 1 N–H and O–H groups in total. The summed E-state index contributed by atoms with van der Waals surface area (Å²) in [4.78, 5) is 16.1. The molecule has 2 fully saturated rings. The summed E-state index contributed by atoms with van der Waals surface area (Å²) in [6, 6.07) is 7.40. The highest BCUT2D eigenvalue weighted by molar-refractivity contribution is 5.94. The molecule has 1 amide bonds. The Morgan fingerprint density at radius 2 is 1.92 bits per heavy atom. The number of benzene rings is 1. The number of carbonyl (C=O) groups is 1. The first-order valence-corrected chi connectivity index (χ1v) is 8.45. The molecule has 1 atom stereocenters. The molecule has 6 heteroatoms. The van der Waals surface area contributed by atoms with Crippen LogP contribution < -0.4 is 0 Å². The fraction of sp³-hybridized carbons (Fsp3) is 0.611. The van der Waals surface area contributed by atoms with Crippen LogP contribution in [0.1, 0.15) is 35.2 Å². The second kappa shape index (κ2) is 6.41. The van der Waals surface area contributed by atoms with Crippen molar-refractivity contribution in [1.29, 1.82) is 0 Å². The van der Waals surface area contributed by atoms with Gasteiger partial charge in [0, 0.05) is 44.6 Å². The van der Waals surface area contributed by atoms with E-state index >= 15 is 0 Å². The van der Waals surface area contributed by atoms with Crippen molar-refractivity contribution in [2.75, 3.05) is 32.7 Å². The van der Waals surface area contributed by atoms with Crippen LogP contribution in [0.5, 0.6) is 0 Å². The van der Waals surface area contributed by atoms with Crippen LogP contribution in [0.4, 0.5) is 8.78 Å². The van der Waals surface area contributed by atoms with Gasteiger partial charge in [-0.15, -0.1) is 0 Å². The number of hydrogen-bond donors (Lipinski definition) is 1. The van der Waals surface area contributed by atoms with Gasteiger partial charge in [-0.3, -0.25) is 9.69 Å². The largest absolute Gasteiger partial charge is 0.387 e. The van der Waals surface area contributed by atoms with Crippen molar-refractivity contribution in [1.82, 2.24) is 9.80 Å². The van der Waals surface area contributed by atoms with Gasteiger partial charge in [0.15, 0.2) is 0 Å². The highest BCUT2D eigenvalue weighted by Crippen LogP contribution is 2.30. The lowest BCUT2D eigenvalue weighted by Gasteiger charge is -2.36. The lowest BCUT2D eigenvalue weighted by atomic mass is 10.00. The number of carbonyl (C=O) groups excluding carboxylic acids is 1. The van der Waals surface area contributed by atoms with Crippen molar-refractivity contribution in [2.24, 2.45) is 0 Å². The average Bonchev–Trinajstić information content (AvgIpc) is 2.91. The maximum absolute atomic E-state index is 13.2. The first-order valence-electron chi connectivity index (χ1n) is 8.45. The minimum atomic E-state index is -2.58. The summed E-state index contributed by atoms with van der Waals surface area (Å²) >= 11 is 0. The molecule has 2 heterocycles. The molecule has 0 unspecified atom stereocenters. The van der Waals surface area contributed by atoms with Gasteiger partial charge in [-0.05, 0) is 25.5 Å². The van der Waals surface area contributed by atoms with Gasteiger partial charge in [0.05, 0.1) is 12.1 Å². The molecule has 1 aromatic carbocycles. The molecular formula is C18H24F2N2O2. The lowest BCUT2D eigenvalue weighted by molar-refractivity contribution is -0.0720. The first kappa shape index (κ1) is 17.3. The molecule has 1 aromatic rings. The van der Waals surface area contributed by atoms with Gasteiger partial charge in [-0.1, -0.05) is 17.7 Å². The monoisotopic (exact) mass is 338 g/mol. The normalized spacial score (nSPS) is 27.4. The summed E-state index contributed by atoms with van der Waals surface area (Å²) in [5.41, 5.74) is 0.632. The number of alkyl halides is 2. The Morgan fingerprint density at radius 1 is 1.21 bits per heavy atom. The van der Waals surface area contributed by atoms with E-state index in [4.69, 9.17) is 0 Å². The molecule has 0 bridgehead atoms. The summed E-state index contributed by atoms with van der Waals surface area (Å²) in [6.07, 6.45) is 0.168. The van der Waals surface area contributed by atoms with Gasteiger partial charge in [0.2, 0.25) is 0 Å². The Labute approximate surface area is 141 Å². The Hall–Kier alpha value is -1.53. The fourth-order valence-electron chi connectivity index (χ4n) is 3.57. The molecule has 2 aliphatic rings. The van der Waals surface area contributed by atoms with Crippen LogP contribution in [-0.4, -0.2) is 65.1 Å². The van der Waals surface area contributed by atoms with Crippen molar-refractivity contribution in [3.8, 4) is 0 Å². The molecule has 2 aliphatic heterocycles. The number of piperidine rings is 1. The van der Waals surface area contributed by atoms with Crippen LogP contribution in [0.25, 0.3) is 0 Å². The Morgan fingerprint density at radius 3 is 2.58 bits per heavy atom. The minimum Gasteiger partial charge on any atom is -0.387 e. The van der Waals surface area contributed by atoms with Crippen LogP contribution in [0.2, 0.25) is 0 Å². The molecule has 0 saturated carbocycles. The predicted molar refractivity (Wildman–Crippen MR) is 87.3 cm³/mol. The van der Waals surface area contributed by atoms with Crippen molar-refractivity contribution in [3.05, 3.63) is 35.4 Å². The van der Waals surface area contributed by atoms with Gasteiger partial charge >= 0.3 is 0 Å². The molecule has 0 spiro atoms. The summed E-state index contributed by atoms with van der Waals surface area (Å²) in [5, 5.41) is 10.8. The second-order valence-corrected chi connectivity index (χ2v) is 7.20. The number of hydrogen-bond acceptors (Lipinski definition) is 3. The van der Waals surface area contributed by atoms with Gasteiger partial charge < -0.3 is 10.0 Å². The number of halogens is 2. The summed E-state index contributed by atoms with van der Waals surface area (Å²) in [5.74, 6) is -2.66. The predicted octanol–water partition coefficient (Wildman–Crippen LogP) is 2.30. The maximum Gasteiger partial charge on any atom is 0.253 e. The van der Waals surface area contributed by atoms with Crippen molar-refractivity contribution in [2.45, 2.75) is 37.7 Å². The number of amides is 1. The number of rotatable bonds is 3. The molecule has 0 radical (unpaired) electrons. The zero-order chi connectivity index (χ0) is 17.4. The summed E-state index contributed by atoms with van der Waals surface area (Å²) in [6.45, 7) is 3.62. The van der Waals surface area contributed by atoms with Crippen LogP contribution >= 0.6 is 0 Å². The zero-order valence-corrected chi connectivity index (χ0v) is 14.0. The zero-order valence-electron chi connectivity index (χ0n) is 14.0. The third kappa shape index (κ3) is 3.92. The van der Waals surface area contributed by atoms with E-state index in [0.717, 1.165) is 5.56 Å². The minimum absolute atomic E-state index is 0.0835. The van der Waals surface area contributed by atoms with Gasteiger partial charge in [0.1, 0.15) is 0 Å². The molecule has 24 heavy (non-hydrogen) atoms. The SMILES string of the molecule is Cc1cccc(C(=O)N2CC[C@](O)(CN3CCC(F)(F)CC3)C2)c1. The van der Waals surface area contributed by atoms with Crippen molar-refractivity contribution >= 4 is 5.91 Å². The number of nitrogens with zero attached hydrogens (tertiary/aromatic N) is 2. The van der Waals surface area contributed by atoms with E-state index in [-0.39, 0.29) is 25.3 Å². The van der Waals surface area contributed by atoms with E-state index in [9.17, 15) is 18.7 Å². The molecule has 0 aliphatic carbocycles. The molecule has 2 saturated heterocycles. The lowest BCUT2D eigenvalue weighted by Crippen LogP contribution is -2.49. The molecular weight excluding hydrogens is 314 g/mol. The van der Waals surface area contributed by atoms with Crippen molar-refractivity contribution < 1.29 is 18.7 Å². The van der Waals surface area contributed by atoms with E-state index in [1.54, 1.807) is 11.0 Å². The Kier molecular flexibility index (Phi) is 4.62. The number of aryl methyl sites for hydroxylation is 1. The van der Waals surface area contributed by atoms with Crippen LogP contribution in [0, 0.1) is 6.92 Å². The fourth-order valence-corrected chi connectivity index (χ4v) is 3.57. The molecule has 3 rings (SSSR count). The topological polar surface area (TPSA) is 43.8 Å². The molecule has 0 aromatic heterocycles. The standard InChI is InChI=1S/C18H24F2N2O2/c1-14-3-2-4-15(11-14)16(23)22-10-5-17(24,13-22)12-21-8-6-18(19,20)7-9-21/h2-4,11,24H,5-10,12-13H2,1H3/t17-/m0/s1. The van der Waals surface area contributed by atoms with Gasteiger partial charge in [-0.2, -0.15) is 0 Å². The Bertz CT molecular complexity index is 613. The van der Waals surface area contributed by atoms with Crippen LogP contribution in [0.3, 0.4) is 0 Å². The van der Waals surface area contributed by atoms with E-state index in [1.807, 2.05) is 30.0 Å². The average molecular weight is 338 g/mol. The van der Waals surface area contributed by atoms with Crippen molar-refractivity contribution in [3.63, 3.8) is 0 Å². The first-order chi connectivity index (χ1) is 11.3. The third-order valence-corrected chi connectivity index (χ3v) is 4.99. The highest BCUT2D eigenvalue weighted by atomic mass is 19.3. The molecule has 132 valence electrons. The number of likely N-dealkylation sites (tertiary alicyclic amines) is 2. The van der Waals surface area contributed by atoms with E-state index in [0.29, 0.717) is 38.2 Å². The van der Waals surface area contributed by atoms with Gasteiger partial charge in [-0.25, -0.2) is 8.78 Å². The smallest absolute Gasteiger partial charge is 0.253 e. The van der Waals surface area contributed by atoms with Crippen LogP contribution in [-0.2, 0) is 0 Å². The highest BCUT2D eigenvalue weighted by Gasteiger charge is 2.42. The second-order valence-electron chi connectivity index (χ2n) is 7.20. The summed E-state index contributed by atoms with van der Waals surface area (Å²) in [7, 11) is 0. The van der Waals surface area contributed by atoms with E-state index < -0.39 is 11.5 Å². The van der Waals surface area contributed by atoms with Gasteiger partial charge in [0.25, 0.3) is 11.8 Å². The van der Waals surface area contributed by atoms with E-state index in [2.05, 4.69) is 0 Å². The number of β-amino-alcohol motifs (C(OH)–C–C–N with tert-alkyl or cyclic N) is 1. The van der Waals surface area contributed by atoms with E-state index in [1.165, 1.54) is 0 Å². The molecule has 4 nitrogen and oxygen atoms in total. The maximum atomic E-state index is 13.2. The Balaban J connectivity index is 1.59. The quantitative estimate of drug-likeness (QED) is 0.920. The van der Waals surface area contributed by atoms with Crippen LogP contribution in [0.15, 0.2) is 24.3 Å². The number of aliphatic hydroxyl groups is 1. The third-order valence-electron chi connectivity index (χ3n) is 4.99.